The zero-order valence-corrected chi connectivity index (χ0v) is 19.7. The zero-order valence-electron chi connectivity index (χ0n) is 18.1. The fourth-order valence-corrected chi connectivity index (χ4v) is 4.50. The molecule has 1 aliphatic heterocycles. The third-order valence-electron chi connectivity index (χ3n) is 5.38. The number of hydrogen-bond acceptors (Lipinski definition) is 6. The summed E-state index contributed by atoms with van der Waals surface area (Å²) in [4.78, 5) is 27.5. The molecule has 1 saturated heterocycles. The fourth-order valence-electron chi connectivity index (χ4n) is 3.66. The maximum atomic E-state index is 13.1. The van der Waals surface area contributed by atoms with Crippen molar-refractivity contribution >= 4 is 45.5 Å². The topological polar surface area (TPSA) is 83.4 Å². The summed E-state index contributed by atoms with van der Waals surface area (Å²) in [7, 11) is 0. The van der Waals surface area contributed by atoms with E-state index in [1.807, 2.05) is 24.3 Å². The SMILES string of the molecule is Cc1nnc(N2C(=O)C(=O)C(=C(O)c3ccc(Cl)cc3)C2c2ccc(C(C)(C)C)cc2)s1. The second-order valence-electron chi connectivity index (χ2n) is 8.65. The number of ketones is 1. The molecule has 1 unspecified atom stereocenters. The molecule has 1 fully saturated rings. The molecular formula is C24H22ClN3O3S. The number of carbonyl (C=O) groups excluding carboxylic acids is 2. The van der Waals surface area contributed by atoms with Crippen LogP contribution in [-0.2, 0) is 15.0 Å². The minimum absolute atomic E-state index is 0.00804. The van der Waals surface area contributed by atoms with Crippen molar-refractivity contribution in [2.24, 2.45) is 0 Å². The van der Waals surface area contributed by atoms with E-state index < -0.39 is 17.7 Å². The average molecular weight is 468 g/mol. The van der Waals surface area contributed by atoms with Crippen LogP contribution >= 0.6 is 22.9 Å². The van der Waals surface area contributed by atoms with Crippen LogP contribution in [0.3, 0.4) is 0 Å². The van der Waals surface area contributed by atoms with Crippen LogP contribution in [0.25, 0.3) is 5.76 Å². The Bertz CT molecular complexity index is 1220. The first-order chi connectivity index (χ1) is 15.1. The quantitative estimate of drug-likeness (QED) is 0.315. The fraction of sp³-hybridized carbons (Fsp3) is 0.250. The van der Waals surface area contributed by atoms with Gasteiger partial charge in [0, 0.05) is 10.6 Å². The van der Waals surface area contributed by atoms with E-state index >= 15 is 0 Å². The van der Waals surface area contributed by atoms with Crippen molar-refractivity contribution in [3.05, 3.63) is 80.8 Å². The summed E-state index contributed by atoms with van der Waals surface area (Å²) in [6, 6.07) is 13.3. The normalized spacial score (nSPS) is 18.4. The Hall–Kier alpha value is -3.03. The third-order valence-corrected chi connectivity index (χ3v) is 6.47. The second-order valence-corrected chi connectivity index (χ2v) is 10.2. The lowest BCUT2D eigenvalue weighted by Crippen LogP contribution is -2.29. The van der Waals surface area contributed by atoms with Gasteiger partial charge in [-0.1, -0.05) is 68.0 Å². The maximum absolute atomic E-state index is 13.1. The van der Waals surface area contributed by atoms with Crippen LogP contribution in [-0.4, -0.2) is 27.0 Å². The molecule has 3 aromatic rings. The zero-order chi connectivity index (χ0) is 23.2. The summed E-state index contributed by atoms with van der Waals surface area (Å²) in [5.41, 5.74) is 2.16. The minimum Gasteiger partial charge on any atom is -0.507 e. The molecule has 0 aliphatic carbocycles. The first-order valence-corrected chi connectivity index (χ1v) is 11.2. The number of rotatable bonds is 3. The molecule has 6 nitrogen and oxygen atoms in total. The van der Waals surface area contributed by atoms with E-state index in [4.69, 9.17) is 11.6 Å². The predicted octanol–water partition coefficient (Wildman–Crippen LogP) is 5.42. The molecule has 2 aromatic carbocycles. The van der Waals surface area contributed by atoms with E-state index in [9.17, 15) is 14.7 Å². The summed E-state index contributed by atoms with van der Waals surface area (Å²) in [6.07, 6.45) is 0. The number of benzene rings is 2. The summed E-state index contributed by atoms with van der Waals surface area (Å²) in [6.45, 7) is 8.11. The predicted molar refractivity (Wildman–Crippen MR) is 126 cm³/mol. The van der Waals surface area contributed by atoms with E-state index in [1.165, 1.54) is 16.2 Å². The second kappa shape index (κ2) is 8.15. The van der Waals surface area contributed by atoms with E-state index in [0.29, 0.717) is 26.3 Å². The van der Waals surface area contributed by atoms with Crippen LogP contribution < -0.4 is 4.90 Å². The van der Waals surface area contributed by atoms with Gasteiger partial charge in [-0.25, -0.2) is 0 Å². The first-order valence-electron chi connectivity index (χ1n) is 10.1. The van der Waals surface area contributed by atoms with Gasteiger partial charge in [-0.05, 0) is 47.7 Å². The van der Waals surface area contributed by atoms with E-state index in [2.05, 4.69) is 31.0 Å². The highest BCUT2D eigenvalue weighted by atomic mass is 35.5. The van der Waals surface area contributed by atoms with Crippen molar-refractivity contribution in [1.29, 1.82) is 0 Å². The number of hydrogen-bond donors (Lipinski definition) is 1. The Labute approximate surface area is 195 Å². The van der Waals surface area contributed by atoms with Crippen LogP contribution in [0.2, 0.25) is 5.02 Å². The summed E-state index contributed by atoms with van der Waals surface area (Å²) in [5.74, 6) is -1.77. The monoisotopic (exact) mass is 467 g/mol. The van der Waals surface area contributed by atoms with Gasteiger partial charge in [0.25, 0.3) is 5.78 Å². The van der Waals surface area contributed by atoms with E-state index in [1.54, 1.807) is 31.2 Å². The Kier molecular flexibility index (Phi) is 5.65. The maximum Gasteiger partial charge on any atom is 0.301 e. The summed E-state index contributed by atoms with van der Waals surface area (Å²) in [5, 5.41) is 20.7. The van der Waals surface area contributed by atoms with Crippen LogP contribution in [0.4, 0.5) is 5.13 Å². The molecule has 0 saturated carbocycles. The van der Waals surface area contributed by atoms with Crippen LogP contribution in [0.1, 0.15) is 48.5 Å². The van der Waals surface area contributed by atoms with Crippen molar-refractivity contribution in [2.75, 3.05) is 4.90 Å². The number of aryl methyl sites for hydroxylation is 1. The minimum atomic E-state index is -0.827. The van der Waals surface area contributed by atoms with Crippen LogP contribution in [0.5, 0.6) is 0 Å². The average Bonchev–Trinajstić information content (AvgIpc) is 3.28. The molecule has 0 radical (unpaired) electrons. The molecule has 1 aliphatic rings. The number of aliphatic hydroxyl groups excluding tert-OH is 1. The molecule has 4 rings (SSSR count). The van der Waals surface area contributed by atoms with Crippen molar-refractivity contribution in [3.63, 3.8) is 0 Å². The number of aliphatic hydroxyl groups is 1. The molecule has 1 amide bonds. The van der Waals surface area contributed by atoms with Gasteiger partial charge >= 0.3 is 5.91 Å². The molecule has 0 bridgehead atoms. The first kappa shape index (κ1) is 22.2. The van der Waals surface area contributed by atoms with Gasteiger partial charge in [0.15, 0.2) is 0 Å². The number of aromatic nitrogens is 2. The lowest BCUT2D eigenvalue weighted by atomic mass is 9.85. The Balaban J connectivity index is 1.91. The number of carbonyl (C=O) groups is 2. The lowest BCUT2D eigenvalue weighted by Gasteiger charge is -2.24. The van der Waals surface area contributed by atoms with Gasteiger partial charge in [0.1, 0.15) is 10.8 Å². The molecule has 8 heteroatoms. The molecule has 32 heavy (non-hydrogen) atoms. The van der Waals surface area contributed by atoms with Crippen LogP contribution in [0.15, 0.2) is 54.1 Å². The number of nitrogens with zero attached hydrogens (tertiary/aromatic N) is 3. The molecule has 2 heterocycles. The largest absolute Gasteiger partial charge is 0.507 e. The lowest BCUT2D eigenvalue weighted by molar-refractivity contribution is -0.132. The van der Waals surface area contributed by atoms with E-state index in [0.717, 1.165) is 5.56 Å². The van der Waals surface area contributed by atoms with E-state index in [-0.39, 0.29) is 16.7 Å². The van der Waals surface area contributed by atoms with Gasteiger partial charge in [-0.3, -0.25) is 14.5 Å². The van der Waals surface area contributed by atoms with Crippen molar-refractivity contribution in [1.82, 2.24) is 10.2 Å². The van der Waals surface area contributed by atoms with Gasteiger partial charge in [-0.2, -0.15) is 0 Å². The highest BCUT2D eigenvalue weighted by Gasteiger charge is 2.48. The van der Waals surface area contributed by atoms with Crippen molar-refractivity contribution < 1.29 is 14.7 Å². The van der Waals surface area contributed by atoms with Crippen molar-refractivity contribution in [3.8, 4) is 0 Å². The molecule has 1 aromatic heterocycles. The molecule has 1 atom stereocenters. The van der Waals surface area contributed by atoms with Gasteiger partial charge in [-0.15, -0.1) is 10.2 Å². The summed E-state index contributed by atoms with van der Waals surface area (Å²) < 4.78 is 0. The molecule has 1 N–H and O–H groups in total. The standard InChI is InChI=1S/C24H22ClN3O3S/c1-13-26-27-23(32-13)28-19(14-5-9-16(10-6-14)24(2,3)4)18(21(30)22(28)31)20(29)15-7-11-17(25)12-8-15/h5-12,19,29H,1-4H3. The summed E-state index contributed by atoms with van der Waals surface area (Å²) >= 11 is 7.19. The molecule has 164 valence electrons. The number of amides is 1. The Morgan fingerprint density at radius 3 is 2.19 bits per heavy atom. The van der Waals surface area contributed by atoms with Crippen LogP contribution in [0, 0.1) is 6.92 Å². The van der Waals surface area contributed by atoms with Gasteiger partial charge < -0.3 is 5.11 Å². The smallest absolute Gasteiger partial charge is 0.301 e. The third kappa shape index (κ3) is 3.94. The Morgan fingerprint density at radius 2 is 1.66 bits per heavy atom. The van der Waals surface area contributed by atoms with Gasteiger partial charge in [0.2, 0.25) is 5.13 Å². The number of anilines is 1. The number of halogens is 1. The Morgan fingerprint density at radius 1 is 1.03 bits per heavy atom. The van der Waals surface area contributed by atoms with Gasteiger partial charge in [0.05, 0.1) is 11.6 Å². The van der Waals surface area contributed by atoms with Crippen molar-refractivity contribution in [2.45, 2.75) is 39.2 Å². The molecular weight excluding hydrogens is 446 g/mol. The highest BCUT2D eigenvalue weighted by molar-refractivity contribution is 7.15. The number of Topliss-reactive ketones (excluding diaryl/α,β-unsaturated/α-hetero) is 1. The highest BCUT2D eigenvalue weighted by Crippen LogP contribution is 2.43. The molecule has 0 spiro atoms.